The van der Waals surface area contributed by atoms with E-state index >= 15 is 0 Å². The number of hydrogen-bond donors (Lipinski definition) is 0. The summed E-state index contributed by atoms with van der Waals surface area (Å²) in [6, 6.07) is 1.93. The number of carbonyl (C=O) groups excluding carboxylic acids is 1. The number of carbonyl (C=O) groups is 1. The lowest BCUT2D eigenvalue weighted by atomic mass is 10.0. The molecule has 1 aliphatic heterocycles. The summed E-state index contributed by atoms with van der Waals surface area (Å²) in [6.45, 7) is 7.78. The van der Waals surface area contributed by atoms with Crippen molar-refractivity contribution in [1.82, 2.24) is 4.57 Å². The second kappa shape index (κ2) is 5.06. The van der Waals surface area contributed by atoms with E-state index in [2.05, 4.69) is 11.5 Å². The van der Waals surface area contributed by atoms with Crippen molar-refractivity contribution in [2.24, 2.45) is 0 Å². The van der Waals surface area contributed by atoms with E-state index in [1.54, 1.807) is 0 Å². The quantitative estimate of drug-likeness (QED) is 0.621. The first-order valence-corrected chi connectivity index (χ1v) is 6.90. The molecule has 0 N–H and O–H groups in total. The summed E-state index contributed by atoms with van der Waals surface area (Å²) in [5.41, 5.74) is 2.73. The Morgan fingerprint density at radius 3 is 2.83 bits per heavy atom. The van der Waals surface area contributed by atoms with Gasteiger partial charge in [0.2, 0.25) is 0 Å². The SMILES string of the molecule is Cc1cc(C(=O)CCl)c(C)n1CC1(C)CCCO1. The lowest BCUT2D eigenvalue weighted by Crippen LogP contribution is -2.30. The molecule has 1 aromatic rings. The molecule has 0 spiro atoms. The Kier molecular flexibility index (Phi) is 3.83. The van der Waals surface area contributed by atoms with Crippen molar-refractivity contribution in [3.63, 3.8) is 0 Å². The summed E-state index contributed by atoms with van der Waals surface area (Å²) in [5.74, 6) is 0.0337. The van der Waals surface area contributed by atoms with E-state index in [0.29, 0.717) is 0 Å². The Morgan fingerprint density at radius 1 is 1.56 bits per heavy atom. The zero-order valence-corrected chi connectivity index (χ0v) is 12.0. The second-order valence-electron chi connectivity index (χ2n) is 5.33. The molecule has 0 bridgehead atoms. The van der Waals surface area contributed by atoms with Gasteiger partial charge in [0.05, 0.1) is 18.0 Å². The molecule has 2 heterocycles. The molecule has 1 atom stereocenters. The van der Waals surface area contributed by atoms with Gasteiger partial charge in [-0.25, -0.2) is 0 Å². The third-order valence-corrected chi connectivity index (χ3v) is 4.03. The molecular weight excluding hydrogens is 250 g/mol. The van der Waals surface area contributed by atoms with Crippen molar-refractivity contribution in [2.75, 3.05) is 12.5 Å². The van der Waals surface area contributed by atoms with Crippen LogP contribution in [-0.2, 0) is 11.3 Å². The van der Waals surface area contributed by atoms with Crippen LogP contribution in [0.2, 0.25) is 0 Å². The van der Waals surface area contributed by atoms with Crippen LogP contribution in [0, 0.1) is 13.8 Å². The van der Waals surface area contributed by atoms with E-state index in [1.165, 1.54) is 0 Å². The van der Waals surface area contributed by atoms with Crippen LogP contribution in [0.3, 0.4) is 0 Å². The van der Waals surface area contributed by atoms with Gasteiger partial charge in [-0.05, 0) is 39.7 Å². The van der Waals surface area contributed by atoms with E-state index in [1.807, 2.05) is 19.9 Å². The molecule has 1 unspecified atom stereocenters. The van der Waals surface area contributed by atoms with Gasteiger partial charge < -0.3 is 9.30 Å². The highest BCUT2D eigenvalue weighted by molar-refractivity contribution is 6.30. The minimum Gasteiger partial charge on any atom is -0.373 e. The highest BCUT2D eigenvalue weighted by Gasteiger charge is 2.31. The summed E-state index contributed by atoms with van der Waals surface area (Å²) in [6.07, 6.45) is 2.19. The lowest BCUT2D eigenvalue weighted by Gasteiger charge is -2.25. The summed E-state index contributed by atoms with van der Waals surface area (Å²) >= 11 is 5.63. The number of ether oxygens (including phenoxy) is 1. The van der Waals surface area contributed by atoms with Crippen LogP contribution in [-0.4, -0.2) is 28.4 Å². The van der Waals surface area contributed by atoms with E-state index < -0.39 is 0 Å². The van der Waals surface area contributed by atoms with E-state index in [0.717, 1.165) is 42.9 Å². The fourth-order valence-electron chi connectivity index (χ4n) is 2.69. The van der Waals surface area contributed by atoms with Crippen LogP contribution in [0.5, 0.6) is 0 Å². The Hall–Kier alpha value is -0.800. The van der Waals surface area contributed by atoms with Gasteiger partial charge in [0.15, 0.2) is 5.78 Å². The number of aromatic nitrogens is 1. The summed E-state index contributed by atoms with van der Waals surface area (Å²) in [7, 11) is 0. The number of ketones is 1. The molecule has 1 fully saturated rings. The van der Waals surface area contributed by atoms with Gasteiger partial charge >= 0.3 is 0 Å². The number of halogens is 1. The monoisotopic (exact) mass is 269 g/mol. The van der Waals surface area contributed by atoms with E-state index in [-0.39, 0.29) is 17.3 Å². The number of aryl methyl sites for hydroxylation is 1. The van der Waals surface area contributed by atoms with Crippen molar-refractivity contribution in [1.29, 1.82) is 0 Å². The molecule has 1 aromatic heterocycles. The molecule has 0 saturated carbocycles. The molecule has 4 heteroatoms. The Labute approximate surface area is 113 Å². The first kappa shape index (κ1) is 13.6. The Morgan fingerprint density at radius 2 is 2.28 bits per heavy atom. The second-order valence-corrected chi connectivity index (χ2v) is 5.60. The Balaban J connectivity index is 2.28. The number of Topliss-reactive ketones (excluding diaryl/α,β-unsaturated/α-hetero) is 1. The maximum atomic E-state index is 11.7. The Bertz CT molecular complexity index is 459. The zero-order chi connectivity index (χ0) is 13.3. The first-order chi connectivity index (χ1) is 8.47. The predicted octanol–water partition coefficient (Wildman–Crippen LogP) is 3.10. The molecule has 0 aliphatic carbocycles. The molecule has 1 aliphatic rings. The lowest BCUT2D eigenvalue weighted by molar-refractivity contribution is 0.00549. The number of nitrogens with zero attached hydrogens (tertiary/aromatic N) is 1. The van der Waals surface area contributed by atoms with Gasteiger partial charge in [0.1, 0.15) is 0 Å². The van der Waals surface area contributed by atoms with Gasteiger partial charge in [0, 0.05) is 23.6 Å². The average Bonchev–Trinajstić information content (AvgIpc) is 2.88. The number of rotatable bonds is 4. The highest BCUT2D eigenvalue weighted by atomic mass is 35.5. The summed E-state index contributed by atoms with van der Waals surface area (Å²) in [4.78, 5) is 11.7. The van der Waals surface area contributed by atoms with Crippen LogP contribution in [0.1, 0.15) is 41.5 Å². The molecule has 100 valence electrons. The smallest absolute Gasteiger partial charge is 0.179 e. The largest absolute Gasteiger partial charge is 0.373 e. The van der Waals surface area contributed by atoms with Crippen LogP contribution in [0.25, 0.3) is 0 Å². The molecule has 0 amide bonds. The molecule has 2 rings (SSSR count). The van der Waals surface area contributed by atoms with Crippen LogP contribution < -0.4 is 0 Å². The van der Waals surface area contributed by atoms with Crippen LogP contribution in [0.15, 0.2) is 6.07 Å². The topological polar surface area (TPSA) is 31.2 Å². The standard InChI is InChI=1S/C14H20ClNO2/c1-10-7-12(13(17)8-15)11(2)16(10)9-14(3)5-4-6-18-14/h7H,4-6,8-9H2,1-3H3. The van der Waals surface area contributed by atoms with Crippen LogP contribution >= 0.6 is 11.6 Å². The van der Waals surface area contributed by atoms with Gasteiger partial charge in [-0.2, -0.15) is 0 Å². The van der Waals surface area contributed by atoms with Crippen molar-refractivity contribution in [3.8, 4) is 0 Å². The number of alkyl halides is 1. The minimum atomic E-state index is -0.101. The van der Waals surface area contributed by atoms with Crippen molar-refractivity contribution >= 4 is 17.4 Å². The van der Waals surface area contributed by atoms with Crippen molar-refractivity contribution in [2.45, 2.75) is 45.8 Å². The van der Waals surface area contributed by atoms with Gasteiger partial charge in [0.25, 0.3) is 0 Å². The van der Waals surface area contributed by atoms with Gasteiger partial charge in [-0.1, -0.05) is 0 Å². The highest BCUT2D eigenvalue weighted by Crippen LogP contribution is 2.29. The van der Waals surface area contributed by atoms with E-state index in [4.69, 9.17) is 16.3 Å². The normalized spacial score (nSPS) is 23.6. The van der Waals surface area contributed by atoms with Gasteiger partial charge in [-0.3, -0.25) is 4.79 Å². The molecule has 3 nitrogen and oxygen atoms in total. The first-order valence-electron chi connectivity index (χ1n) is 6.37. The fourth-order valence-corrected chi connectivity index (χ4v) is 2.84. The molecule has 0 radical (unpaired) electrons. The fraction of sp³-hybridized carbons (Fsp3) is 0.643. The maximum absolute atomic E-state index is 11.7. The third kappa shape index (κ3) is 2.47. The summed E-state index contributed by atoms with van der Waals surface area (Å²) in [5, 5.41) is 0. The zero-order valence-electron chi connectivity index (χ0n) is 11.3. The van der Waals surface area contributed by atoms with Gasteiger partial charge in [-0.15, -0.1) is 11.6 Å². The maximum Gasteiger partial charge on any atom is 0.179 e. The molecule has 1 saturated heterocycles. The average molecular weight is 270 g/mol. The third-order valence-electron chi connectivity index (χ3n) is 3.79. The summed E-state index contributed by atoms with van der Waals surface area (Å²) < 4.78 is 7.99. The minimum absolute atomic E-state index is 0.00601. The van der Waals surface area contributed by atoms with E-state index in [9.17, 15) is 4.79 Å². The number of hydrogen-bond acceptors (Lipinski definition) is 2. The molecule has 0 aromatic carbocycles. The predicted molar refractivity (Wildman–Crippen MR) is 72.5 cm³/mol. The van der Waals surface area contributed by atoms with Crippen molar-refractivity contribution in [3.05, 3.63) is 23.0 Å². The van der Waals surface area contributed by atoms with Crippen molar-refractivity contribution < 1.29 is 9.53 Å². The molecular formula is C14H20ClNO2. The molecule has 18 heavy (non-hydrogen) atoms. The van der Waals surface area contributed by atoms with Crippen LogP contribution in [0.4, 0.5) is 0 Å².